The van der Waals surface area contributed by atoms with Crippen LogP contribution in [0, 0.1) is 0 Å². The number of rotatable bonds is 5. The Morgan fingerprint density at radius 3 is 2.71 bits per heavy atom. The summed E-state index contributed by atoms with van der Waals surface area (Å²) in [5, 5.41) is 23.5. The molecule has 142 valence electrons. The predicted molar refractivity (Wildman–Crippen MR) is 104 cm³/mol. The van der Waals surface area contributed by atoms with Crippen molar-refractivity contribution in [3.05, 3.63) is 59.7 Å². The van der Waals surface area contributed by atoms with Crippen LogP contribution in [0.2, 0.25) is 0 Å². The van der Waals surface area contributed by atoms with E-state index >= 15 is 0 Å². The first-order valence-corrected chi connectivity index (χ1v) is 9.85. The Kier molecular flexibility index (Phi) is 5.12. The van der Waals surface area contributed by atoms with Crippen molar-refractivity contribution in [2.24, 2.45) is 0 Å². The van der Waals surface area contributed by atoms with E-state index in [-0.39, 0.29) is 5.56 Å². The number of nitrogens with zero attached hydrogens (tertiary/aromatic N) is 3. The zero-order valence-electron chi connectivity index (χ0n) is 15.1. The summed E-state index contributed by atoms with van der Waals surface area (Å²) in [5.41, 5.74) is 3.12. The summed E-state index contributed by atoms with van der Waals surface area (Å²) in [7, 11) is 0. The molecule has 1 aliphatic rings. The minimum Gasteiger partial charge on any atom is -0.545 e. The number of hydrogen-bond donors (Lipinski definition) is 1. The number of nitrogens with one attached hydrogen (secondary N) is 1. The molecule has 0 aliphatic carbocycles. The van der Waals surface area contributed by atoms with Gasteiger partial charge in [0.1, 0.15) is 0 Å². The summed E-state index contributed by atoms with van der Waals surface area (Å²) in [6, 6.07) is 14.1. The standard InChI is InChI=1S/C20H18N4O3S/c1-2-11-28-20-22-18-16(23-24-20)14-5-3-4-6-15(14)21-17(27-18)12-7-9-13(10-8-12)19(25)26/h3-10,17,21H,2,11H2,1H3,(H,25,26)/p-1/t17-/m0/s1. The Balaban J connectivity index is 1.75. The van der Waals surface area contributed by atoms with Crippen LogP contribution in [0.5, 0.6) is 5.88 Å². The quantitative estimate of drug-likeness (QED) is 0.661. The Morgan fingerprint density at radius 2 is 1.96 bits per heavy atom. The van der Waals surface area contributed by atoms with Crippen molar-refractivity contribution in [1.82, 2.24) is 15.2 Å². The van der Waals surface area contributed by atoms with Crippen LogP contribution in [0.1, 0.15) is 35.5 Å². The van der Waals surface area contributed by atoms with Crippen molar-refractivity contribution in [2.45, 2.75) is 24.7 Å². The van der Waals surface area contributed by atoms with Crippen LogP contribution >= 0.6 is 11.8 Å². The maximum Gasteiger partial charge on any atom is 0.247 e. The van der Waals surface area contributed by atoms with Gasteiger partial charge in [-0.15, -0.1) is 10.2 Å². The average molecular weight is 393 g/mol. The largest absolute Gasteiger partial charge is 0.545 e. The number of aromatic nitrogens is 3. The number of anilines is 1. The molecule has 28 heavy (non-hydrogen) atoms. The van der Waals surface area contributed by atoms with Gasteiger partial charge in [0.15, 0.2) is 11.9 Å². The molecule has 0 saturated carbocycles. The SMILES string of the molecule is CCCSc1nnc2c(n1)O[C@@H](c1ccc(C(=O)[O-])cc1)Nc1ccccc1-2. The Hall–Kier alpha value is -3.13. The van der Waals surface area contributed by atoms with Gasteiger partial charge in [0.25, 0.3) is 0 Å². The smallest absolute Gasteiger partial charge is 0.247 e. The van der Waals surface area contributed by atoms with E-state index in [0.29, 0.717) is 16.7 Å². The fraction of sp³-hybridized carbons (Fsp3) is 0.200. The Bertz CT molecular complexity index is 1010. The summed E-state index contributed by atoms with van der Waals surface area (Å²) >= 11 is 1.53. The van der Waals surface area contributed by atoms with E-state index in [4.69, 9.17) is 4.74 Å². The van der Waals surface area contributed by atoms with Crippen LogP contribution in [0.3, 0.4) is 0 Å². The zero-order valence-corrected chi connectivity index (χ0v) is 15.9. The van der Waals surface area contributed by atoms with Gasteiger partial charge >= 0.3 is 0 Å². The third-order valence-corrected chi connectivity index (χ3v) is 5.26. The lowest BCUT2D eigenvalue weighted by Crippen LogP contribution is -2.22. The van der Waals surface area contributed by atoms with Gasteiger partial charge in [0.2, 0.25) is 11.0 Å². The summed E-state index contributed by atoms with van der Waals surface area (Å²) in [4.78, 5) is 15.6. The van der Waals surface area contributed by atoms with Gasteiger partial charge in [-0.3, -0.25) is 0 Å². The summed E-state index contributed by atoms with van der Waals surface area (Å²) in [6.45, 7) is 2.09. The fourth-order valence-corrected chi connectivity index (χ4v) is 3.48. The van der Waals surface area contributed by atoms with Gasteiger partial charge < -0.3 is 20.0 Å². The molecule has 0 fully saturated rings. The maximum atomic E-state index is 11.0. The molecule has 3 aromatic rings. The highest BCUT2D eigenvalue weighted by molar-refractivity contribution is 7.99. The number of fused-ring (bicyclic) bond motifs is 3. The fourth-order valence-electron chi connectivity index (χ4n) is 2.85. The average Bonchev–Trinajstić information content (AvgIpc) is 2.88. The van der Waals surface area contributed by atoms with Crippen molar-refractivity contribution in [2.75, 3.05) is 11.1 Å². The summed E-state index contributed by atoms with van der Waals surface area (Å²) in [6.07, 6.45) is 0.447. The second-order valence-electron chi connectivity index (χ2n) is 6.19. The van der Waals surface area contributed by atoms with Gasteiger partial charge in [-0.25, -0.2) is 0 Å². The normalized spacial score (nSPS) is 14.8. The number of thioether (sulfide) groups is 1. The van der Waals surface area contributed by atoms with Crippen LogP contribution in [0.15, 0.2) is 53.7 Å². The Labute approximate surface area is 166 Å². The third kappa shape index (κ3) is 3.63. The van der Waals surface area contributed by atoms with Gasteiger partial charge in [0.05, 0.1) is 5.97 Å². The number of benzene rings is 2. The number of carbonyl (C=O) groups is 1. The first-order valence-electron chi connectivity index (χ1n) is 8.87. The van der Waals surface area contributed by atoms with E-state index in [0.717, 1.165) is 29.0 Å². The van der Waals surface area contributed by atoms with Gasteiger partial charge in [-0.2, -0.15) is 4.98 Å². The lowest BCUT2D eigenvalue weighted by molar-refractivity contribution is -0.255. The maximum absolute atomic E-state index is 11.0. The van der Waals surface area contributed by atoms with E-state index in [9.17, 15) is 9.90 Å². The molecule has 2 heterocycles. The van der Waals surface area contributed by atoms with Crippen LogP contribution in [-0.4, -0.2) is 26.9 Å². The van der Waals surface area contributed by atoms with Crippen LogP contribution in [0.25, 0.3) is 11.3 Å². The predicted octanol–water partition coefficient (Wildman–Crippen LogP) is 2.91. The van der Waals surface area contributed by atoms with Crippen LogP contribution in [-0.2, 0) is 0 Å². The second-order valence-corrected chi connectivity index (χ2v) is 7.26. The Morgan fingerprint density at radius 1 is 1.18 bits per heavy atom. The molecule has 1 aromatic heterocycles. The van der Waals surface area contributed by atoms with Gasteiger partial charge in [-0.05, 0) is 18.1 Å². The molecule has 0 unspecified atom stereocenters. The third-order valence-electron chi connectivity index (χ3n) is 4.22. The number of carboxylic acid groups (broad SMARTS) is 1. The lowest BCUT2D eigenvalue weighted by atomic mass is 10.1. The number of carbonyl (C=O) groups excluding carboxylic acids is 1. The molecule has 0 radical (unpaired) electrons. The van der Waals surface area contributed by atoms with E-state index < -0.39 is 12.2 Å². The molecule has 1 atom stereocenters. The minimum absolute atomic E-state index is 0.111. The summed E-state index contributed by atoms with van der Waals surface area (Å²) < 4.78 is 6.15. The molecule has 0 saturated heterocycles. The molecule has 1 aliphatic heterocycles. The monoisotopic (exact) mass is 393 g/mol. The zero-order chi connectivity index (χ0) is 19.5. The molecule has 0 bridgehead atoms. The molecule has 1 N–H and O–H groups in total. The van der Waals surface area contributed by atoms with Gasteiger partial charge in [-0.1, -0.05) is 61.2 Å². The van der Waals surface area contributed by atoms with E-state index in [1.807, 2.05) is 24.3 Å². The van der Waals surface area contributed by atoms with Crippen molar-refractivity contribution in [3.63, 3.8) is 0 Å². The lowest BCUT2D eigenvalue weighted by Gasteiger charge is -2.19. The van der Waals surface area contributed by atoms with Crippen molar-refractivity contribution >= 4 is 23.4 Å². The second kappa shape index (κ2) is 7.85. The molecule has 0 spiro atoms. The highest BCUT2D eigenvalue weighted by Gasteiger charge is 2.25. The first kappa shape index (κ1) is 18.2. The number of aromatic carboxylic acids is 1. The molecule has 8 heteroatoms. The van der Waals surface area contributed by atoms with Gasteiger partial charge in [0, 0.05) is 22.6 Å². The first-order chi connectivity index (χ1) is 13.7. The van der Waals surface area contributed by atoms with Crippen LogP contribution in [0.4, 0.5) is 5.69 Å². The topological polar surface area (TPSA) is 100 Å². The van der Waals surface area contributed by atoms with Crippen molar-refractivity contribution in [1.29, 1.82) is 0 Å². The molecular formula is C20H17N4O3S-. The molecule has 4 rings (SSSR count). The van der Waals surface area contributed by atoms with E-state index in [1.54, 1.807) is 12.1 Å². The molecule has 0 amide bonds. The van der Waals surface area contributed by atoms with Crippen molar-refractivity contribution in [3.8, 4) is 17.1 Å². The molecule has 2 aromatic carbocycles. The van der Waals surface area contributed by atoms with E-state index in [2.05, 4.69) is 27.4 Å². The number of carboxylic acids is 1. The molecule has 7 nitrogen and oxygen atoms in total. The number of ether oxygens (including phenoxy) is 1. The minimum atomic E-state index is -1.22. The number of hydrogen-bond acceptors (Lipinski definition) is 8. The highest BCUT2D eigenvalue weighted by Crippen LogP contribution is 2.39. The van der Waals surface area contributed by atoms with Crippen LogP contribution < -0.4 is 15.2 Å². The number of para-hydroxylation sites is 1. The molecular weight excluding hydrogens is 376 g/mol. The van der Waals surface area contributed by atoms with E-state index in [1.165, 1.54) is 23.9 Å². The van der Waals surface area contributed by atoms with Crippen molar-refractivity contribution < 1.29 is 14.6 Å². The summed E-state index contributed by atoms with van der Waals surface area (Å²) in [5.74, 6) is 0.0650. The highest BCUT2D eigenvalue weighted by atomic mass is 32.2.